The van der Waals surface area contributed by atoms with Gasteiger partial charge >= 0.3 is 0 Å². The highest BCUT2D eigenvalue weighted by molar-refractivity contribution is 4.41. The molecule has 0 saturated heterocycles. The summed E-state index contributed by atoms with van der Waals surface area (Å²) in [5.41, 5.74) is 0. The molecule has 0 heterocycles. The van der Waals surface area contributed by atoms with Crippen LogP contribution in [0.25, 0.3) is 0 Å². The highest BCUT2D eigenvalue weighted by Crippen LogP contribution is 1.90. The van der Waals surface area contributed by atoms with E-state index in [0.29, 0.717) is 26.2 Å². The van der Waals surface area contributed by atoms with E-state index >= 15 is 0 Å². The van der Waals surface area contributed by atoms with Crippen molar-refractivity contribution in [1.82, 2.24) is 0 Å². The Morgan fingerprint density at radius 3 is 2.55 bits per heavy atom. The van der Waals surface area contributed by atoms with Crippen molar-refractivity contribution in [2.24, 2.45) is 5.18 Å². The van der Waals surface area contributed by atoms with E-state index in [1.54, 1.807) is 0 Å². The molecule has 0 atom stereocenters. The molecule has 1 N–H and O–H groups in total. The molecule has 0 spiro atoms. The predicted octanol–water partition coefficient (Wildman–Crippen LogP) is 0.932. The molecule has 0 aromatic rings. The molecule has 0 radical (unpaired) electrons. The number of hydrogen-bond donors (Lipinski definition) is 1. The first kappa shape index (κ1) is 10.5. The third kappa shape index (κ3) is 9.52. The second kappa shape index (κ2) is 9.52. The minimum Gasteiger partial charge on any atom is -0.396 e. The van der Waals surface area contributed by atoms with Crippen molar-refractivity contribution in [2.45, 2.75) is 19.3 Å². The minimum atomic E-state index is 0.221. The predicted molar refractivity (Wildman–Crippen MR) is 42.4 cm³/mol. The van der Waals surface area contributed by atoms with Crippen LogP contribution in [0.2, 0.25) is 0 Å². The van der Waals surface area contributed by atoms with E-state index in [9.17, 15) is 4.91 Å². The van der Waals surface area contributed by atoms with E-state index < -0.39 is 0 Å². The van der Waals surface area contributed by atoms with Crippen LogP contribution in [0.1, 0.15) is 19.3 Å². The molecule has 0 rings (SSSR count). The maximum Gasteiger partial charge on any atom is 0.0833 e. The smallest absolute Gasteiger partial charge is 0.0833 e. The van der Waals surface area contributed by atoms with E-state index in [1.165, 1.54) is 0 Å². The van der Waals surface area contributed by atoms with Gasteiger partial charge in [-0.2, -0.15) is 4.91 Å². The Labute approximate surface area is 66.5 Å². The minimum absolute atomic E-state index is 0.221. The molecule has 0 bridgehead atoms. The van der Waals surface area contributed by atoms with Crippen molar-refractivity contribution in [1.29, 1.82) is 0 Å². The van der Waals surface area contributed by atoms with Crippen LogP contribution in [-0.2, 0) is 4.74 Å². The van der Waals surface area contributed by atoms with Gasteiger partial charge in [0.2, 0.25) is 0 Å². The molecule has 0 saturated carbocycles. The molecule has 0 aromatic heterocycles. The summed E-state index contributed by atoms with van der Waals surface area (Å²) < 4.78 is 5.13. The number of aliphatic hydroxyl groups excluding tert-OH is 1. The van der Waals surface area contributed by atoms with Gasteiger partial charge in [0.05, 0.1) is 6.54 Å². The molecule has 0 fully saturated rings. The summed E-state index contributed by atoms with van der Waals surface area (Å²) in [5.74, 6) is 0. The van der Waals surface area contributed by atoms with E-state index in [1.807, 2.05) is 0 Å². The Kier molecular flexibility index (Phi) is 9.10. The van der Waals surface area contributed by atoms with Crippen LogP contribution in [0.5, 0.6) is 0 Å². The summed E-state index contributed by atoms with van der Waals surface area (Å²) in [4.78, 5) is 9.60. The molecule has 11 heavy (non-hydrogen) atoms. The lowest BCUT2D eigenvalue weighted by atomic mass is 10.3. The van der Waals surface area contributed by atoms with Gasteiger partial charge in [0.1, 0.15) is 0 Å². The van der Waals surface area contributed by atoms with Gasteiger partial charge in [0, 0.05) is 19.8 Å². The van der Waals surface area contributed by atoms with Crippen LogP contribution in [0.4, 0.5) is 0 Å². The Bertz CT molecular complexity index is 87.8. The summed E-state index contributed by atoms with van der Waals surface area (Å²) >= 11 is 0. The lowest BCUT2D eigenvalue weighted by Crippen LogP contribution is -1.99. The second-order valence-electron chi connectivity index (χ2n) is 2.25. The Balaban J connectivity index is 2.74. The quantitative estimate of drug-likeness (QED) is 0.425. The monoisotopic (exact) mass is 161 g/mol. The summed E-state index contributed by atoms with van der Waals surface area (Å²) in [6, 6.07) is 0. The van der Waals surface area contributed by atoms with Crippen LogP contribution in [0.15, 0.2) is 5.18 Å². The number of nitrogens with zero attached hydrogens (tertiary/aromatic N) is 1. The SMILES string of the molecule is O=NCCCOCCCCO. The first-order chi connectivity index (χ1) is 5.41. The van der Waals surface area contributed by atoms with Crippen LogP contribution in [-0.4, -0.2) is 31.5 Å². The van der Waals surface area contributed by atoms with Crippen molar-refractivity contribution in [2.75, 3.05) is 26.4 Å². The molecule has 4 heteroatoms. The molecule has 4 nitrogen and oxygen atoms in total. The van der Waals surface area contributed by atoms with Crippen molar-refractivity contribution in [3.8, 4) is 0 Å². The van der Waals surface area contributed by atoms with Crippen molar-refractivity contribution in [3.05, 3.63) is 4.91 Å². The molecule has 0 unspecified atom stereocenters. The number of aliphatic hydroxyl groups is 1. The summed E-state index contributed by atoms with van der Waals surface area (Å²) in [5, 5.41) is 11.1. The Morgan fingerprint density at radius 1 is 1.18 bits per heavy atom. The number of ether oxygens (including phenoxy) is 1. The van der Waals surface area contributed by atoms with E-state index in [2.05, 4.69) is 5.18 Å². The van der Waals surface area contributed by atoms with Gasteiger partial charge in [-0.25, -0.2) is 0 Å². The number of rotatable bonds is 8. The van der Waals surface area contributed by atoms with Gasteiger partial charge in [0.25, 0.3) is 0 Å². The fourth-order valence-electron chi connectivity index (χ4n) is 0.649. The summed E-state index contributed by atoms with van der Waals surface area (Å²) in [6.07, 6.45) is 2.36. The van der Waals surface area contributed by atoms with Gasteiger partial charge in [-0.1, -0.05) is 5.18 Å². The van der Waals surface area contributed by atoms with Gasteiger partial charge in [0.15, 0.2) is 0 Å². The average Bonchev–Trinajstić information content (AvgIpc) is 2.03. The van der Waals surface area contributed by atoms with Crippen LogP contribution in [0, 0.1) is 4.91 Å². The lowest BCUT2D eigenvalue weighted by molar-refractivity contribution is 0.124. The van der Waals surface area contributed by atoms with Crippen LogP contribution in [0.3, 0.4) is 0 Å². The zero-order chi connectivity index (χ0) is 8.36. The molecule has 0 aliphatic heterocycles. The summed E-state index contributed by atoms with van der Waals surface area (Å²) in [6.45, 7) is 1.82. The fourth-order valence-corrected chi connectivity index (χ4v) is 0.649. The van der Waals surface area contributed by atoms with Crippen molar-refractivity contribution < 1.29 is 9.84 Å². The number of unbranched alkanes of at least 4 members (excludes halogenated alkanes) is 1. The van der Waals surface area contributed by atoms with E-state index in [0.717, 1.165) is 12.8 Å². The standard InChI is InChI=1S/C7H15NO3/c9-5-1-2-6-11-7-3-4-8-10/h9H,1-7H2. The molecule has 66 valence electrons. The molecule has 0 aliphatic rings. The van der Waals surface area contributed by atoms with Gasteiger partial charge < -0.3 is 9.84 Å². The van der Waals surface area contributed by atoms with Crippen molar-refractivity contribution in [3.63, 3.8) is 0 Å². The van der Waals surface area contributed by atoms with E-state index in [-0.39, 0.29) is 6.61 Å². The largest absolute Gasteiger partial charge is 0.396 e. The topological polar surface area (TPSA) is 58.9 Å². The van der Waals surface area contributed by atoms with E-state index in [4.69, 9.17) is 9.84 Å². The molecular weight excluding hydrogens is 146 g/mol. The Hall–Kier alpha value is -0.480. The van der Waals surface area contributed by atoms with Crippen molar-refractivity contribution >= 4 is 0 Å². The van der Waals surface area contributed by atoms with Gasteiger partial charge in [-0.05, 0) is 19.3 Å². The summed E-state index contributed by atoms with van der Waals surface area (Å²) in [7, 11) is 0. The first-order valence-corrected chi connectivity index (χ1v) is 3.89. The number of hydrogen-bond acceptors (Lipinski definition) is 4. The first-order valence-electron chi connectivity index (χ1n) is 3.89. The third-order valence-corrected chi connectivity index (χ3v) is 1.23. The van der Waals surface area contributed by atoms with Gasteiger partial charge in [-0.3, -0.25) is 0 Å². The zero-order valence-electron chi connectivity index (χ0n) is 6.66. The van der Waals surface area contributed by atoms with Crippen LogP contribution >= 0.6 is 0 Å². The lowest BCUT2D eigenvalue weighted by Gasteiger charge is -2.00. The maximum absolute atomic E-state index is 9.60. The fraction of sp³-hybridized carbons (Fsp3) is 1.00. The highest BCUT2D eigenvalue weighted by atomic mass is 16.5. The maximum atomic E-state index is 9.60. The zero-order valence-corrected chi connectivity index (χ0v) is 6.66. The molecule has 0 aromatic carbocycles. The number of nitroso groups, excluding NO2 is 1. The molecule has 0 amide bonds. The average molecular weight is 161 g/mol. The van der Waals surface area contributed by atoms with Gasteiger partial charge in [-0.15, -0.1) is 0 Å². The third-order valence-electron chi connectivity index (χ3n) is 1.23. The molecule has 0 aliphatic carbocycles. The molecular formula is C7H15NO3. The Morgan fingerprint density at radius 2 is 1.91 bits per heavy atom. The second-order valence-corrected chi connectivity index (χ2v) is 2.25. The normalized spacial score (nSPS) is 9.91. The highest BCUT2D eigenvalue weighted by Gasteiger charge is 1.88. The van der Waals surface area contributed by atoms with Crippen LogP contribution < -0.4 is 0 Å².